The molecule has 0 saturated carbocycles. The summed E-state index contributed by atoms with van der Waals surface area (Å²) in [6.07, 6.45) is 1.63. The van der Waals surface area contributed by atoms with Gasteiger partial charge in [-0.15, -0.1) is 11.8 Å². The van der Waals surface area contributed by atoms with Crippen LogP contribution in [0, 0.1) is 0 Å². The number of rotatable bonds is 6. The molecule has 0 radical (unpaired) electrons. The molecule has 1 fully saturated rings. The molecule has 0 bridgehead atoms. The molecular weight excluding hydrogens is 426 g/mol. The fourth-order valence-corrected chi connectivity index (χ4v) is 5.59. The molecule has 30 heavy (non-hydrogen) atoms. The van der Waals surface area contributed by atoms with Crippen LogP contribution < -0.4 is 11.1 Å². The van der Waals surface area contributed by atoms with Crippen LogP contribution >= 0.6 is 23.5 Å². The summed E-state index contributed by atoms with van der Waals surface area (Å²) in [7, 11) is 0. The first-order valence-electron chi connectivity index (χ1n) is 8.95. The predicted octanol–water partition coefficient (Wildman–Crippen LogP) is 1.09. The first-order chi connectivity index (χ1) is 14.4. The van der Waals surface area contributed by atoms with Gasteiger partial charge in [-0.1, -0.05) is 42.1 Å². The van der Waals surface area contributed by atoms with Gasteiger partial charge in [-0.3, -0.25) is 14.5 Å². The summed E-state index contributed by atoms with van der Waals surface area (Å²) in [6.45, 7) is 0. The van der Waals surface area contributed by atoms with Crippen molar-refractivity contribution in [1.29, 1.82) is 0 Å². The van der Waals surface area contributed by atoms with E-state index in [0.717, 1.165) is 17.3 Å². The van der Waals surface area contributed by atoms with Crippen molar-refractivity contribution >= 4 is 47.1 Å². The molecule has 11 heteroatoms. The summed E-state index contributed by atoms with van der Waals surface area (Å²) in [5.74, 6) is -1.32. The second-order valence-electron chi connectivity index (χ2n) is 6.56. The van der Waals surface area contributed by atoms with E-state index in [1.807, 2.05) is 30.3 Å². The number of carbonyl (C=O) groups is 3. The molecule has 3 heterocycles. The molecule has 2 amide bonds. The van der Waals surface area contributed by atoms with E-state index < -0.39 is 23.3 Å². The molecule has 4 N–H and O–H groups in total. The maximum Gasteiger partial charge on any atom is 0.353 e. The molecule has 1 aromatic heterocycles. The van der Waals surface area contributed by atoms with Gasteiger partial charge in [0.2, 0.25) is 5.91 Å². The third-order valence-electron chi connectivity index (χ3n) is 4.53. The molecular formula is C19H17N5O4S2. The number of carbonyl (C=O) groups excluding carboxylic acids is 2. The molecule has 154 valence electrons. The van der Waals surface area contributed by atoms with Gasteiger partial charge >= 0.3 is 5.97 Å². The van der Waals surface area contributed by atoms with Crippen molar-refractivity contribution in [2.75, 3.05) is 11.5 Å². The van der Waals surface area contributed by atoms with Gasteiger partial charge in [-0.25, -0.2) is 14.8 Å². The number of amides is 2. The molecule has 9 nitrogen and oxygen atoms in total. The highest BCUT2D eigenvalue weighted by atomic mass is 32.2. The largest absolute Gasteiger partial charge is 0.477 e. The lowest BCUT2D eigenvalue weighted by Gasteiger charge is -2.49. The monoisotopic (exact) mass is 443 g/mol. The number of carboxylic acids is 1. The molecule has 2 aromatic rings. The normalized spacial score (nSPS) is 20.4. The fraction of sp³-hybridized carbons (Fsp3) is 0.211. The Bertz CT molecular complexity index is 1050. The summed E-state index contributed by atoms with van der Waals surface area (Å²) in [6, 6.07) is 9.97. The molecule has 1 aromatic carbocycles. The number of fused-ring (bicyclic) bond motifs is 1. The number of nitrogens with zero attached hydrogens (tertiary/aromatic N) is 3. The van der Waals surface area contributed by atoms with E-state index in [0.29, 0.717) is 15.8 Å². The van der Waals surface area contributed by atoms with Crippen molar-refractivity contribution in [3.63, 3.8) is 0 Å². The van der Waals surface area contributed by atoms with Crippen LogP contribution in [0.3, 0.4) is 0 Å². The molecule has 0 aliphatic carbocycles. The second-order valence-corrected chi connectivity index (χ2v) is 8.73. The highest BCUT2D eigenvalue weighted by Gasteiger charge is 2.54. The van der Waals surface area contributed by atoms with E-state index in [9.17, 15) is 19.5 Å². The lowest BCUT2D eigenvalue weighted by Crippen LogP contribution is -2.70. The van der Waals surface area contributed by atoms with Gasteiger partial charge in [0.05, 0.1) is 6.42 Å². The van der Waals surface area contributed by atoms with Gasteiger partial charge < -0.3 is 16.2 Å². The van der Waals surface area contributed by atoms with Gasteiger partial charge in [0, 0.05) is 16.9 Å². The van der Waals surface area contributed by atoms with Crippen LogP contribution in [0.4, 0.5) is 5.82 Å². The smallest absolute Gasteiger partial charge is 0.353 e. The van der Waals surface area contributed by atoms with Gasteiger partial charge in [0.1, 0.15) is 22.9 Å². The van der Waals surface area contributed by atoms with Crippen LogP contribution in [-0.4, -0.2) is 54.9 Å². The fourth-order valence-electron chi connectivity index (χ4n) is 3.19. The van der Waals surface area contributed by atoms with Crippen LogP contribution in [0.25, 0.3) is 0 Å². The van der Waals surface area contributed by atoms with Gasteiger partial charge in [-0.2, -0.15) is 0 Å². The van der Waals surface area contributed by atoms with Crippen molar-refractivity contribution in [3.05, 3.63) is 58.8 Å². The average molecular weight is 444 g/mol. The Morgan fingerprint density at radius 3 is 2.77 bits per heavy atom. The quantitative estimate of drug-likeness (QED) is 0.442. The van der Waals surface area contributed by atoms with E-state index in [4.69, 9.17) is 5.73 Å². The van der Waals surface area contributed by atoms with Crippen LogP contribution in [-0.2, 0) is 20.8 Å². The number of aliphatic carboxylic acids is 1. The molecule has 2 aliphatic heterocycles. The number of nitrogen functional groups attached to an aromatic ring is 1. The Hall–Kier alpha value is -3.05. The Kier molecular flexibility index (Phi) is 5.64. The van der Waals surface area contributed by atoms with Crippen molar-refractivity contribution in [1.82, 2.24) is 20.2 Å². The third-order valence-corrected chi connectivity index (χ3v) is 6.96. The van der Waals surface area contributed by atoms with Crippen LogP contribution in [0.5, 0.6) is 0 Å². The third kappa shape index (κ3) is 3.98. The lowest BCUT2D eigenvalue weighted by molar-refractivity contribution is -0.150. The second kappa shape index (κ2) is 8.36. The Morgan fingerprint density at radius 1 is 1.30 bits per heavy atom. The number of thioether (sulfide) groups is 2. The van der Waals surface area contributed by atoms with E-state index in [2.05, 4.69) is 15.3 Å². The minimum atomic E-state index is -1.21. The number of β-lactam (4-membered cyclic amide) rings is 1. The molecule has 4 rings (SSSR count). The van der Waals surface area contributed by atoms with Crippen molar-refractivity contribution in [2.45, 2.75) is 23.0 Å². The minimum Gasteiger partial charge on any atom is -0.477 e. The highest BCUT2D eigenvalue weighted by molar-refractivity contribution is 8.06. The standard InChI is InChI=1S/C19H17N5O4S2/c20-12-6-7-21-19(22-12)30-11-9-29-17-14(16(26)24(17)15(11)18(27)28)23-13(25)8-10-4-2-1-3-5-10/h1-7,14,17H,8-9H2,(H,23,25)(H,27,28)(H2,20,21,22)/t14?,17-/m1/s1. The zero-order valence-electron chi connectivity index (χ0n) is 15.5. The number of benzene rings is 1. The Labute approximate surface area is 180 Å². The van der Waals surface area contributed by atoms with E-state index in [-0.39, 0.29) is 23.8 Å². The number of aromatic nitrogens is 2. The summed E-state index contributed by atoms with van der Waals surface area (Å²) < 4.78 is 0. The lowest BCUT2D eigenvalue weighted by atomic mass is 10.0. The number of carboxylic acid groups (broad SMARTS) is 1. The molecule has 1 saturated heterocycles. The maximum absolute atomic E-state index is 12.7. The number of hydrogen-bond acceptors (Lipinski definition) is 8. The van der Waals surface area contributed by atoms with Gasteiger partial charge in [0.25, 0.3) is 5.91 Å². The topological polar surface area (TPSA) is 139 Å². The number of anilines is 1. The van der Waals surface area contributed by atoms with Gasteiger partial charge in [-0.05, 0) is 11.6 Å². The molecule has 1 unspecified atom stereocenters. The Balaban J connectivity index is 1.49. The first kappa shape index (κ1) is 20.2. The summed E-state index contributed by atoms with van der Waals surface area (Å²) in [5, 5.41) is 12.3. The van der Waals surface area contributed by atoms with Crippen molar-refractivity contribution in [3.8, 4) is 0 Å². The number of nitrogens with two attached hydrogens (primary N) is 1. The SMILES string of the molecule is Nc1ccnc(SC2=C(C(=O)O)N3C(=O)C(NC(=O)Cc4ccccc4)[C@H]3SC2)n1. The van der Waals surface area contributed by atoms with Crippen molar-refractivity contribution in [2.24, 2.45) is 0 Å². The zero-order valence-corrected chi connectivity index (χ0v) is 17.2. The predicted molar refractivity (Wildman–Crippen MR) is 112 cm³/mol. The summed E-state index contributed by atoms with van der Waals surface area (Å²) >= 11 is 2.46. The highest BCUT2D eigenvalue weighted by Crippen LogP contribution is 2.44. The molecule has 2 atom stereocenters. The van der Waals surface area contributed by atoms with Crippen molar-refractivity contribution < 1.29 is 19.5 Å². The average Bonchev–Trinajstić information content (AvgIpc) is 2.72. The summed E-state index contributed by atoms with van der Waals surface area (Å²) in [5.41, 5.74) is 6.39. The maximum atomic E-state index is 12.7. The molecule has 2 aliphatic rings. The van der Waals surface area contributed by atoms with E-state index in [1.54, 1.807) is 0 Å². The summed E-state index contributed by atoms with van der Waals surface area (Å²) in [4.78, 5) is 46.8. The minimum absolute atomic E-state index is 0.103. The van der Waals surface area contributed by atoms with E-state index in [1.165, 1.54) is 28.9 Å². The Morgan fingerprint density at radius 2 is 2.07 bits per heavy atom. The van der Waals surface area contributed by atoms with Crippen LogP contribution in [0.1, 0.15) is 5.56 Å². The number of nitrogens with one attached hydrogen (secondary N) is 1. The first-order valence-corrected chi connectivity index (χ1v) is 10.8. The zero-order chi connectivity index (χ0) is 21.3. The number of hydrogen-bond donors (Lipinski definition) is 3. The van der Waals surface area contributed by atoms with E-state index >= 15 is 0 Å². The molecule has 0 spiro atoms. The van der Waals surface area contributed by atoms with Crippen LogP contribution in [0.15, 0.2) is 58.4 Å². The van der Waals surface area contributed by atoms with Gasteiger partial charge in [0.15, 0.2) is 5.16 Å². The van der Waals surface area contributed by atoms with Crippen LogP contribution in [0.2, 0.25) is 0 Å².